The Balaban J connectivity index is 2.40. The van der Waals surface area contributed by atoms with Crippen LogP contribution in [0.5, 0.6) is 5.75 Å². The first-order chi connectivity index (χ1) is 7.12. The van der Waals surface area contributed by atoms with Crippen molar-refractivity contribution in [3.8, 4) is 5.75 Å². The van der Waals surface area contributed by atoms with Gasteiger partial charge in [-0.05, 0) is 12.0 Å². The summed E-state index contributed by atoms with van der Waals surface area (Å²) in [6, 6.07) is 6.14. The van der Waals surface area contributed by atoms with Crippen molar-refractivity contribution in [1.82, 2.24) is 0 Å². The van der Waals surface area contributed by atoms with E-state index in [0.29, 0.717) is 6.61 Å². The third kappa shape index (κ3) is 2.05. The Morgan fingerprint density at radius 3 is 3.00 bits per heavy atom. The van der Waals surface area contributed by atoms with E-state index in [9.17, 15) is 0 Å². The predicted octanol–water partition coefficient (Wildman–Crippen LogP) is 3.06. The molecule has 0 fully saturated rings. The van der Waals surface area contributed by atoms with Gasteiger partial charge >= 0.3 is 0 Å². The van der Waals surface area contributed by atoms with Crippen molar-refractivity contribution >= 4 is 0 Å². The minimum Gasteiger partial charge on any atom is -0.462 e. The van der Waals surface area contributed by atoms with Crippen molar-refractivity contribution in [1.29, 1.82) is 0 Å². The van der Waals surface area contributed by atoms with Crippen LogP contribution in [-0.4, -0.2) is 5.79 Å². The van der Waals surface area contributed by atoms with E-state index >= 15 is 0 Å². The first-order valence-corrected chi connectivity index (χ1v) is 5.17. The number of para-hydroxylation sites is 1. The van der Waals surface area contributed by atoms with Gasteiger partial charge in [-0.2, -0.15) is 0 Å². The maximum Gasteiger partial charge on any atom is 0.205 e. The second-order valence-corrected chi connectivity index (χ2v) is 4.19. The quantitative estimate of drug-likeness (QED) is 0.689. The lowest BCUT2D eigenvalue weighted by molar-refractivity contribution is -0.180. The average Bonchev–Trinajstić information content (AvgIpc) is 2.18. The molecule has 1 aliphatic rings. The summed E-state index contributed by atoms with van der Waals surface area (Å²) in [5.41, 5.74) is 2.30. The number of benzene rings is 1. The van der Waals surface area contributed by atoms with Crippen molar-refractivity contribution in [2.24, 2.45) is 0 Å². The molecule has 0 atom stereocenters. The fourth-order valence-electron chi connectivity index (χ4n) is 1.73. The molecule has 0 amide bonds. The third-order valence-electron chi connectivity index (χ3n) is 2.47. The molecular weight excluding hydrogens is 188 g/mol. The zero-order valence-electron chi connectivity index (χ0n) is 9.25. The van der Waals surface area contributed by atoms with Crippen molar-refractivity contribution in [2.45, 2.75) is 32.7 Å². The van der Waals surface area contributed by atoms with Crippen molar-refractivity contribution in [2.75, 3.05) is 0 Å². The van der Waals surface area contributed by atoms with Crippen LogP contribution in [0.15, 0.2) is 30.9 Å². The molecule has 1 aromatic carbocycles. The van der Waals surface area contributed by atoms with Gasteiger partial charge < -0.3 is 9.47 Å². The molecule has 1 aromatic rings. The van der Waals surface area contributed by atoms with Gasteiger partial charge in [-0.25, -0.2) is 0 Å². The van der Waals surface area contributed by atoms with Gasteiger partial charge in [0, 0.05) is 19.4 Å². The van der Waals surface area contributed by atoms with E-state index in [0.717, 1.165) is 17.7 Å². The molecule has 80 valence electrons. The summed E-state index contributed by atoms with van der Waals surface area (Å²) in [7, 11) is 0. The van der Waals surface area contributed by atoms with E-state index in [4.69, 9.17) is 9.47 Å². The van der Waals surface area contributed by atoms with Gasteiger partial charge in [0.15, 0.2) is 0 Å². The van der Waals surface area contributed by atoms with E-state index < -0.39 is 5.79 Å². The Labute approximate surface area is 90.5 Å². The summed E-state index contributed by atoms with van der Waals surface area (Å²) < 4.78 is 11.4. The molecular formula is C13H16O2. The molecule has 1 heterocycles. The van der Waals surface area contributed by atoms with Crippen LogP contribution in [0.2, 0.25) is 0 Å². The van der Waals surface area contributed by atoms with Crippen LogP contribution < -0.4 is 4.74 Å². The number of hydrogen-bond acceptors (Lipinski definition) is 2. The topological polar surface area (TPSA) is 18.5 Å². The Kier molecular flexibility index (Phi) is 2.53. The smallest absolute Gasteiger partial charge is 0.205 e. The van der Waals surface area contributed by atoms with Gasteiger partial charge in [0.1, 0.15) is 5.75 Å². The van der Waals surface area contributed by atoms with E-state index in [1.807, 2.05) is 32.1 Å². The van der Waals surface area contributed by atoms with Crippen molar-refractivity contribution in [3.05, 3.63) is 42.0 Å². The minimum atomic E-state index is -0.524. The molecule has 0 bridgehead atoms. The average molecular weight is 204 g/mol. The fourth-order valence-corrected chi connectivity index (χ4v) is 1.73. The van der Waals surface area contributed by atoms with Gasteiger partial charge in [0.25, 0.3) is 0 Å². The number of ether oxygens (including phenoxy) is 2. The van der Waals surface area contributed by atoms with E-state index in [-0.39, 0.29) is 0 Å². The summed E-state index contributed by atoms with van der Waals surface area (Å²) in [6.45, 7) is 8.24. The molecule has 0 radical (unpaired) electrons. The summed E-state index contributed by atoms with van der Waals surface area (Å²) in [5.74, 6) is 0.443. The van der Waals surface area contributed by atoms with Crippen LogP contribution in [0.3, 0.4) is 0 Å². The number of hydrogen-bond donors (Lipinski definition) is 0. The highest BCUT2D eigenvalue weighted by Gasteiger charge is 2.28. The maximum absolute atomic E-state index is 5.83. The number of fused-ring (bicyclic) bond motifs is 1. The summed E-state index contributed by atoms with van der Waals surface area (Å²) in [4.78, 5) is 0. The van der Waals surface area contributed by atoms with Crippen LogP contribution in [0.25, 0.3) is 0 Å². The normalized spacial score (nSPS) is 17.7. The molecule has 0 N–H and O–H groups in total. The third-order valence-corrected chi connectivity index (χ3v) is 2.47. The lowest BCUT2D eigenvalue weighted by Crippen LogP contribution is -2.35. The van der Waals surface area contributed by atoms with Crippen LogP contribution in [0.4, 0.5) is 0 Å². The van der Waals surface area contributed by atoms with Gasteiger partial charge in [-0.1, -0.05) is 24.3 Å². The lowest BCUT2D eigenvalue weighted by atomic mass is 10.1. The summed E-state index contributed by atoms with van der Waals surface area (Å²) >= 11 is 0. The fraction of sp³-hybridized carbons (Fsp3) is 0.385. The zero-order valence-corrected chi connectivity index (χ0v) is 9.25. The molecule has 0 aromatic heterocycles. The van der Waals surface area contributed by atoms with Crippen LogP contribution in [-0.2, 0) is 17.8 Å². The highest BCUT2D eigenvalue weighted by Crippen LogP contribution is 2.34. The Bertz CT molecular complexity index is 380. The van der Waals surface area contributed by atoms with Gasteiger partial charge in [0.2, 0.25) is 5.79 Å². The second kappa shape index (κ2) is 3.70. The van der Waals surface area contributed by atoms with E-state index in [1.165, 1.54) is 5.56 Å². The first kappa shape index (κ1) is 10.2. The Hall–Kier alpha value is -1.28. The van der Waals surface area contributed by atoms with Crippen LogP contribution >= 0.6 is 0 Å². The number of allylic oxidation sites excluding steroid dienone is 1. The lowest BCUT2D eigenvalue weighted by Gasteiger charge is -2.33. The largest absolute Gasteiger partial charge is 0.462 e. The summed E-state index contributed by atoms with van der Waals surface area (Å²) in [6.07, 6.45) is 2.72. The Morgan fingerprint density at radius 2 is 2.27 bits per heavy atom. The molecule has 2 nitrogen and oxygen atoms in total. The molecule has 0 unspecified atom stereocenters. The SMILES string of the molecule is C=CCc1cccc2c1OC(C)(C)OC2. The van der Waals surface area contributed by atoms with Gasteiger partial charge in [0.05, 0.1) is 6.61 Å². The maximum atomic E-state index is 5.83. The molecule has 0 aliphatic carbocycles. The van der Waals surface area contributed by atoms with Crippen LogP contribution in [0, 0.1) is 0 Å². The highest BCUT2D eigenvalue weighted by atomic mass is 16.7. The second-order valence-electron chi connectivity index (χ2n) is 4.19. The monoisotopic (exact) mass is 204 g/mol. The van der Waals surface area contributed by atoms with E-state index in [2.05, 4.69) is 12.6 Å². The highest BCUT2D eigenvalue weighted by molar-refractivity contribution is 5.43. The standard InChI is InChI=1S/C13H16O2/c1-4-6-10-7-5-8-11-9-14-13(2,3)15-12(10)11/h4-5,7-8H,1,6,9H2,2-3H3. The Morgan fingerprint density at radius 1 is 1.47 bits per heavy atom. The molecule has 0 saturated heterocycles. The first-order valence-electron chi connectivity index (χ1n) is 5.17. The molecule has 15 heavy (non-hydrogen) atoms. The molecule has 1 aliphatic heterocycles. The van der Waals surface area contributed by atoms with E-state index in [1.54, 1.807) is 0 Å². The molecule has 0 saturated carbocycles. The van der Waals surface area contributed by atoms with Gasteiger partial charge in [-0.15, -0.1) is 6.58 Å². The molecule has 2 heteroatoms. The number of rotatable bonds is 2. The van der Waals surface area contributed by atoms with Gasteiger partial charge in [-0.3, -0.25) is 0 Å². The molecule has 2 rings (SSSR count). The van der Waals surface area contributed by atoms with Crippen molar-refractivity contribution < 1.29 is 9.47 Å². The summed E-state index contributed by atoms with van der Waals surface area (Å²) in [5, 5.41) is 0. The predicted molar refractivity (Wildman–Crippen MR) is 59.8 cm³/mol. The minimum absolute atomic E-state index is 0.524. The van der Waals surface area contributed by atoms with Crippen LogP contribution in [0.1, 0.15) is 25.0 Å². The molecule has 0 spiro atoms. The zero-order chi connectivity index (χ0) is 10.9. The van der Waals surface area contributed by atoms with Crippen molar-refractivity contribution in [3.63, 3.8) is 0 Å².